The lowest BCUT2D eigenvalue weighted by Crippen LogP contribution is -2.69. The highest BCUT2D eigenvalue weighted by molar-refractivity contribution is 5.19. The Bertz CT molecular complexity index is 2650. The zero-order chi connectivity index (χ0) is 51.3. The first-order valence-electron chi connectivity index (χ1n) is 25.9. The number of aliphatic hydroxyl groups excluding tert-OH is 1. The van der Waals surface area contributed by atoms with Crippen molar-refractivity contribution in [2.45, 2.75) is 114 Å². The van der Waals surface area contributed by atoms with Crippen LogP contribution in [0, 0.1) is 0 Å². The van der Waals surface area contributed by atoms with E-state index in [2.05, 4.69) is 6.58 Å². The quantitative estimate of drug-likeness (QED) is 0.0497. The van der Waals surface area contributed by atoms with Crippen molar-refractivity contribution in [3.63, 3.8) is 0 Å². The molecule has 7 aromatic carbocycles. The number of ether oxygens (including phenoxy) is 10. The Balaban J connectivity index is 1.12. The first-order valence-corrected chi connectivity index (χ1v) is 25.9. The molecule has 7 aromatic rings. The summed E-state index contributed by atoms with van der Waals surface area (Å²) in [5, 5.41) is 13.1. The summed E-state index contributed by atoms with van der Waals surface area (Å²) in [6.45, 7) is 5.77. The molecule has 0 bridgehead atoms. The van der Waals surface area contributed by atoms with Crippen LogP contribution in [0.25, 0.3) is 0 Å². The van der Waals surface area contributed by atoms with Crippen LogP contribution in [-0.2, 0) is 93.6 Å². The maximum absolute atomic E-state index is 13.1. The zero-order valence-corrected chi connectivity index (χ0v) is 42.2. The standard InChI is InChI=1S/C64H68O11/c1-2-38-67-57-55(65)58(61(71-43-51-32-18-7-19-33-51)62(72-44-52-34-20-8-21-35-52)60(57)70-42-50-30-16-6-17-31-50)75-64-63(73-45-53-36-22-9-23-37-53)59(69-41-49-28-14-5-15-29-49)56(68-40-48-26-12-4-13-27-48)54(74-64)46-66-39-47-24-10-3-11-25-47/h2-37,54-65H,1,38-46H2/t54-,55-,56-,57-,58-,59+,60+,61-,62-,63+,64-/m1/s1. The van der Waals surface area contributed by atoms with Crippen molar-refractivity contribution >= 4 is 0 Å². The second kappa shape index (κ2) is 28.7. The van der Waals surface area contributed by atoms with Crippen molar-refractivity contribution in [2.24, 2.45) is 0 Å². The smallest absolute Gasteiger partial charge is 0.187 e. The van der Waals surface area contributed by atoms with E-state index in [-0.39, 0.29) is 52.9 Å². The van der Waals surface area contributed by atoms with Gasteiger partial charge in [0.1, 0.15) is 61.0 Å². The van der Waals surface area contributed by atoms with E-state index in [1.54, 1.807) is 6.08 Å². The second-order valence-corrected chi connectivity index (χ2v) is 18.8. The molecular formula is C64H68O11. The van der Waals surface area contributed by atoms with Crippen LogP contribution in [-0.4, -0.2) is 85.6 Å². The summed E-state index contributed by atoms with van der Waals surface area (Å²) >= 11 is 0. The van der Waals surface area contributed by atoms with Crippen LogP contribution in [0.2, 0.25) is 0 Å². The average molecular weight is 1010 g/mol. The van der Waals surface area contributed by atoms with Crippen molar-refractivity contribution < 1.29 is 52.5 Å². The molecular weight excluding hydrogens is 945 g/mol. The van der Waals surface area contributed by atoms with Gasteiger partial charge in [0, 0.05) is 0 Å². The summed E-state index contributed by atoms with van der Waals surface area (Å²) in [5.41, 5.74) is 6.67. The van der Waals surface area contributed by atoms with Crippen LogP contribution in [0.4, 0.5) is 0 Å². The lowest BCUT2D eigenvalue weighted by Gasteiger charge is -2.51. The van der Waals surface area contributed by atoms with Crippen molar-refractivity contribution in [2.75, 3.05) is 13.2 Å². The molecule has 1 saturated carbocycles. The Labute approximate surface area is 441 Å². The van der Waals surface area contributed by atoms with Crippen molar-refractivity contribution in [3.8, 4) is 0 Å². The Morgan fingerprint density at radius 3 is 1.00 bits per heavy atom. The van der Waals surface area contributed by atoms with Crippen LogP contribution < -0.4 is 0 Å². The van der Waals surface area contributed by atoms with Crippen LogP contribution in [0.5, 0.6) is 0 Å². The molecule has 0 aromatic heterocycles. The highest BCUT2D eigenvalue weighted by atomic mass is 16.7. The molecule has 0 unspecified atom stereocenters. The molecule has 11 nitrogen and oxygen atoms in total. The molecule has 390 valence electrons. The lowest BCUT2D eigenvalue weighted by atomic mass is 9.83. The predicted molar refractivity (Wildman–Crippen MR) is 286 cm³/mol. The number of hydrogen-bond donors (Lipinski definition) is 1. The third-order valence-electron chi connectivity index (χ3n) is 13.4. The van der Waals surface area contributed by atoms with E-state index in [0.29, 0.717) is 6.61 Å². The fourth-order valence-corrected chi connectivity index (χ4v) is 9.55. The molecule has 0 amide bonds. The fraction of sp³-hybridized carbons (Fsp3) is 0.312. The predicted octanol–water partition coefficient (Wildman–Crippen LogP) is 10.8. The van der Waals surface area contributed by atoms with Crippen molar-refractivity contribution in [1.29, 1.82) is 0 Å². The molecule has 1 heterocycles. The molecule has 2 fully saturated rings. The highest BCUT2D eigenvalue weighted by Crippen LogP contribution is 2.38. The first-order chi connectivity index (χ1) is 37.1. The van der Waals surface area contributed by atoms with E-state index < -0.39 is 67.3 Å². The molecule has 1 N–H and O–H groups in total. The second-order valence-electron chi connectivity index (χ2n) is 18.8. The van der Waals surface area contributed by atoms with Gasteiger partial charge in [0.25, 0.3) is 0 Å². The molecule has 1 aliphatic carbocycles. The molecule has 0 spiro atoms. The van der Waals surface area contributed by atoms with E-state index in [1.165, 1.54) is 0 Å². The van der Waals surface area contributed by atoms with Gasteiger partial charge in [-0.15, -0.1) is 6.58 Å². The van der Waals surface area contributed by atoms with Crippen molar-refractivity contribution in [1.82, 2.24) is 0 Å². The van der Waals surface area contributed by atoms with Gasteiger partial charge in [0.15, 0.2) is 6.29 Å². The lowest BCUT2D eigenvalue weighted by molar-refractivity contribution is -0.362. The Morgan fingerprint density at radius 1 is 0.347 bits per heavy atom. The van der Waals surface area contributed by atoms with Gasteiger partial charge in [0.2, 0.25) is 0 Å². The Morgan fingerprint density at radius 2 is 0.640 bits per heavy atom. The fourth-order valence-electron chi connectivity index (χ4n) is 9.55. The molecule has 11 atom stereocenters. The number of benzene rings is 7. The largest absolute Gasteiger partial charge is 0.387 e. The van der Waals surface area contributed by atoms with E-state index in [9.17, 15) is 5.11 Å². The average Bonchev–Trinajstić information content (AvgIpc) is 3.47. The third kappa shape index (κ3) is 15.5. The number of hydrogen-bond acceptors (Lipinski definition) is 11. The monoisotopic (exact) mass is 1010 g/mol. The van der Waals surface area contributed by atoms with Crippen LogP contribution in [0.1, 0.15) is 38.9 Å². The molecule has 1 aliphatic heterocycles. The van der Waals surface area contributed by atoms with Gasteiger partial charge in [-0.05, 0) is 38.9 Å². The van der Waals surface area contributed by atoms with E-state index in [0.717, 1.165) is 38.9 Å². The van der Waals surface area contributed by atoms with Gasteiger partial charge in [-0.25, -0.2) is 0 Å². The third-order valence-corrected chi connectivity index (χ3v) is 13.4. The maximum atomic E-state index is 13.1. The molecule has 0 radical (unpaired) electrons. The van der Waals surface area contributed by atoms with Gasteiger partial charge < -0.3 is 52.5 Å². The van der Waals surface area contributed by atoms with Gasteiger partial charge in [-0.2, -0.15) is 0 Å². The minimum atomic E-state index is -1.36. The summed E-state index contributed by atoms with van der Waals surface area (Å²) in [7, 11) is 0. The van der Waals surface area contributed by atoms with Gasteiger partial charge in [-0.1, -0.05) is 218 Å². The zero-order valence-electron chi connectivity index (χ0n) is 42.2. The summed E-state index contributed by atoms with van der Waals surface area (Å²) < 4.78 is 69.7. The maximum Gasteiger partial charge on any atom is 0.187 e. The minimum absolute atomic E-state index is 0.106. The van der Waals surface area contributed by atoms with Crippen LogP contribution >= 0.6 is 0 Å². The number of rotatable bonds is 27. The summed E-state index contributed by atoms with van der Waals surface area (Å²) in [5.74, 6) is 0. The summed E-state index contributed by atoms with van der Waals surface area (Å²) in [4.78, 5) is 0. The SMILES string of the molecule is C=CCO[C@@H]1[C@@H](O)[C@@H](O[C@H]2O[C@H](COCc3ccccc3)[C@@H](OCc3ccccc3)[C@H](OCc3ccccc3)[C@@H]2OCc2ccccc2)[C@@H](OCc2ccccc2)[C@H](OCc2ccccc2)[C@H]1OCc1ccccc1. The molecule has 9 rings (SSSR count). The Hall–Kier alpha value is -6.16. The van der Waals surface area contributed by atoms with Crippen LogP contribution in [0.15, 0.2) is 225 Å². The molecule has 75 heavy (non-hydrogen) atoms. The van der Waals surface area contributed by atoms with Gasteiger partial charge >= 0.3 is 0 Å². The van der Waals surface area contributed by atoms with Crippen molar-refractivity contribution in [3.05, 3.63) is 264 Å². The minimum Gasteiger partial charge on any atom is -0.387 e. The topological polar surface area (TPSA) is 113 Å². The van der Waals surface area contributed by atoms with Gasteiger partial charge in [-0.3, -0.25) is 0 Å². The summed E-state index contributed by atoms with van der Waals surface area (Å²) in [6, 6.07) is 69.6. The highest BCUT2D eigenvalue weighted by Gasteiger charge is 2.57. The van der Waals surface area contributed by atoms with E-state index in [4.69, 9.17) is 47.4 Å². The first kappa shape index (κ1) is 53.7. The molecule has 1 saturated heterocycles. The van der Waals surface area contributed by atoms with Gasteiger partial charge in [0.05, 0.1) is 59.5 Å². The Kier molecular flexibility index (Phi) is 20.5. The normalized spacial score (nSPS) is 24.6. The van der Waals surface area contributed by atoms with E-state index >= 15 is 0 Å². The number of aliphatic hydroxyl groups is 1. The van der Waals surface area contributed by atoms with E-state index in [1.807, 2.05) is 212 Å². The van der Waals surface area contributed by atoms with Crippen LogP contribution in [0.3, 0.4) is 0 Å². The molecule has 11 heteroatoms. The molecule has 2 aliphatic rings. The summed E-state index contributed by atoms with van der Waals surface area (Å²) in [6.07, 6.45) is -8.95.